The summed E-state index contributed by atoms with van der Waals surface area (Å²) >= 11 is 0. The summed E-state index contributed by atoms with van der Waals surface area (Å²) in [5, 5.41) is 3.55. The van der Waals surface area contributed by atoms with E-state index in [1.807, 2.05) is 0 Å². The molecule has 0 bridgehead atoms. The van der Waals surface area contributed by atoms with Crippen LogP contribution >= 0.6 is 0 Å². The third-order valence-corrected chi connectivity index (χ3v) is 3.48. The molecular formula is C16H23NO. The van der Waals surface area contributed by atoms with Crippen molar-refractivity contribution in [1.29, 1.82) is 0 Å². The molecule has 1 aromatic carbocycles. The average Bonchev–Trinajstić information content (AvgIpc) is 2.39. The average molecular weight is 245 g/mol. The summed E-state index contributed by atoms with van der Waals surface area (Å²) in [6, 6.07) is 8.81. The highest BCUT2D eigenvalue weighted by atomic mass is 16.5. The van der Waals surface area contributed by atoms with E-state index in [2.05, 4.69) is 50.0 Å². The van der Waals surface area contributed by atoms with Gasteiger partial charge in [-0.15, -0.1) is 0 Å². The number of rotatable bonds is 5. The van der Waals surface area contributed by atoms with Gasteiger partial charge in [0.05, 0.1) is 12.6 Å². The van der Waals surface area contributed by atoms with E-state index in [1.165, 1.54) is 11.1 Å². The van der Waals surface area contributed by atoms with Crippen molar-refractivity contribution in [3.63, 3.8) is 0 Å². The van der Waals surface area contributed by atoms with Crippen molar-refractivity contribution in [2.45, 2.75) is 38.8 Å². The molecule has 1 N–H and O–H groups in total. The second-order valence-electron chi connectivity index (χ2n) is 5.02. The lowest BCUT2D eigenvalue weighted by Gasteiger charge is -2.33. The fraction of sp³-hybridized carbons (Fsp3) is 0.500. The predicted molar refractivity (Wildman–Crippen MR) is 75.7 cm³/mol. The molecule has 1 heterocycles. The monoisotopic (exact) mass is 245 g/mol. The molecule has 98 valence electrons. The lowest BCUT2D eigenvalue weighted by Crippen LogP contribution is -2.39. The maximum atomic E-state index is 6.00. The number of hydrogen-bond acceptors (Lipinski definition) is 2. The van der Waals surface area contributed by atoms with Crippen molar-refractivity contribution in [3.8, 4) is 0 Å². The number of hydrogen-bond donors (Lipinski definition) is 1. The van der Waals surface area contributed by atoms with Crippen LogP contribution in [0.4, 0.5) is 0 Å². The summed E-state index contributed by atoms with van der Waals surface area (Å²) < 4.78 is 6.00. The Morgan fingerprint density at radius 1 is 1.50 bits per heavy atom. The highest BCUT2D eigenvalue weighted by Crippen LogP contribution is 2.31. The topological polar surface area (TPSA) is 21.3 Å². The molecule has 0 aromatic heterocycles. The fourth-order valence-electron chi connectivity index (χ4n) is 2.54. The number of ether oxygens (including phenoxy) is 1. The summed E-state index contributed by atoms with van der Waals surface area (Å²) in [6.45, 7) is 10.2. The summed E-state index contributed by atoms with van der Waals surface area (Å²) in [5.41, 5.74) is 3.88. The SMILES string of the molecule is C=C(C)C(NCCC)C1OCCc2ccccc21. The van der Waals surface area contributed by atoms with Crippen molar-refractivity contribution in [3.05, 3.63) is 47.5 Å². The molecule has 0 spiro atoms. The van der Waals surface area contributed by atoms with E-state index in [4.69, 9.17) is 4.74 Å². The van der Waals surface area contributed by atoms with Crippen LogP contribution < -0.4 is 5.32 Å². The standard InChI is InChI=1S/C16H23NO/c1-4-10-17-15(12(2)3)16-14-8-6-5-7-13(14)9-11-18-16/h5-8,15-17H,2,4,9-11H2,1,3H3. The molecule has 1 aromatic rings. The lowest BCUT2D eigenvalue weighted by molar-refractivity contribution is 0.0239. The first kappa shape index (κ1) is 13.3. The zero-order valence-electron chi connectivity index (χ0n) is 11.4. The van der Waals surface area contributed by atoms with E-state index < -0.39 is 0 Å². The number of benzene rings is 1. The molecule has 18 heavy (non-hydrogen) atoms. The van der Waals surface area contributed by atoms with E-state index in [-0.39, 0.29) is 12.1 Å². The van der Waals surface area contributed by atoms with Gasteiger partial charge in [-0.2, -0.15) is 0 Å². The zero-order valence-corrected chi connectivity index (χ0v) is 11.4. The molecule has 0 saturated carbocycles. The van der Waals surface area contributed by atoms with Crippen LogP contribution in [0.1, 0.15) is 37.5 Å². The number of fused-ring (bicyclic) bond motifs is 1. The van der Waals surface area contributed by atoms with Crippen LogP contribution in [0.15, 0.2) is 36.4 Å². The van der Waals surface area contributed by atoms with E-state index >= 15 is 0 Å². The van der Waals surface area contributed by atoms with Gasteiger partial charge in [-0.25, -0.2) is 0 Å². The van der Waals surface area contributed by atoms with Gasteiger partial charge >= 0.3 is 0 Å². The highest BCUT2D eigenvalue weighted by molar-refractivity contribution is 5.33. The Hall–Kier alpha value is -1.12. The minimum Gasteiger partial charge on any atom is -0.371 e. The predicted octanol–water partition coefficient (Wildman–Crippen LogP) is 3.24. The largest absolute Gasteiger partial charge is 0.371 e. The van der Waals surface area contributed by atoms with Gasteiger partial charge < -0.3 is 10.1 Å². The van der Waals surface area contributed by atoms with E-state index in [0.717, 1.165) is 31.6 Å². The normalized spacial score (nSPS) is 20.2. The summed E-state index contributed by atoms with van der Waals surface area (Å²) in [5.74, 6) is 0. The molecule has 0 fully saturated rings. The number of nitrogens with one attached hydrogen (secondary N) is 1. The van der Waals surface area contributed by atoms with Gasteiger partial charge in [0.25, 0.3) is 0 Å². The second kappa shape index (κ2) is 6.17. The third kappa shape index (κ3) is 2.82. The van der Waals surface area contributed by atoms with Gasteiger partial charge in [-0.3, -0.25) is 0 Å². The Morgan fingerprint density at radius 2 is 2.28 bits per heavy atom. The molecule has 2 rings (SSSR count). The van der Waals surface area contributed by atoms with Crippen LogP contribution in [0, 0.1) is 0 Å². The molecule has 2 nitrogen and oxygen atoms in total. The third-order valence-electron chi connectivity index (χ3n) is 3.48. The zero-order chi connectivity index (χ0) is 13.0. The maximum absolute atomic E-state index is 6.00. The van der Waals surface area contributed by atoms with Gasteiger partial charge in [0.2, 0.25) is 0 Å². The molecule has 2 atom stereocenters. The first-order valence-electron chi connectivity index (χ1n) is 6.82. The Morgan fingerprint density at radius 3 is 3.00 bits per heavy atom. The molecule has 0 aliphatic carbocycles. The first-order valence-corrected chi connectivity index (χ1v) is 6.82. The molecule has 1 aliphatic heterocycles. The Bertz CT molecular complexity index is 413. The van der Waals surface area contributed by atoms with Gasteiger partial charge in [0.15, 0.2) is 0 Å². The Balaban J connectivity index is 2.23. The van der Waals surface area contributed by atoms with Crippen LogP contribution in [0.3, 0.4) is 0 Å². The van der Waals surface area contributed by atoms with Gasteiger partial charge in [-0.1, -0.05) is 43.3 Å². The van der Waals surface area contributed by atoms with Gasteiger partial charge in [-0.05, 0) is 37.4 Å². The van der Waals surface area contributed by atoms with Crippen LogP contribution in [-0.4, -0.2) is 19.2 Å². The first-order chi connectivity index (χ1) is 8.74. The maximum Gasteiger partial charge on any atom is 0.102 e. The highest BCUT2D eigenvalue weighted by Gasteiger charge is 2.28. The minimum atomic E-state index is 0.110. The molecule has 0 saturated heterocycles. The lowest BCUT2D eigenvalue weighted by atomic mass is 9.90. The Labute approximate surface area is 110 Å². The molecule has 0 radical (unpaired) electrons. The van der Waals surface area contributed by atoms with Crippen molar-refractivity contribution >= 4 is 0 Å². The van der Waals surface area contributed by atoms with Crippen molar-refractivity contribution in [2.75, 3.05) is 13.2 Å². The van der Waals surface area contributed by atoms with Crippen molar-refractivity contribution in [1.82, 2.24) is 5.32 Å². The van der Waals surface area contributed by atoms with E-state index in [0.29, 0.717) is 0 Å². The van der Waals surface area contributed by atoms with Crippen molar-refractivity contribution in [2.24, 2.45) is 0 Å². The fourth-order valence-corrected chi connectivity index (χ4v) is 2.54. The van der Waals surface area contributed by atoms with Crippen LogP contribution in [0.5, 0.6) is 0 Å². The molecule has 2 unspecified atom stereocenters. The van der Waals surface area contributed by atoms with E-state index in [1.54, 1.807) is 0 Å². The quantitative estimate of drug-likeness (QED) is 0.804. The summed E-state index contributed by atoms with van der Waals surface area (Å²) in [7, 11) is 0. The second-order valence-corrected chi connectivity index (χ2v) is 5.02. The minimum absolute atomic E-state index is 0.110. The Kier molecular flexibility index (Phi) is 4.56. The summed E-state index contributed by atoms with van der Waals surface area (Å²) in [4.78, 5) is 0. The van der Waals surface area contributed by atoms with Crippen LogP contribution in [0.2, 0.25) is 0 Å². The van der Waals surface area contributed by atoms with Crippen molar-refractivity contribution < 1.29 is 4.74 Å². The van der Waals surface area contributed by atoms with Crippen LogP contribution in [0.25, 0.3) is 0 Å². The molecule has 2 heteroatoms. The summed E-state index contributed by atoms with van der Waals surface area (Å²) in [6.07, 6.45) is 2.25. The van der Waals surface area contributed by atoms with Crippen LogP contribution in [-0.2, 0) is 11.2 Å². The molecule has 1 aliphatic rings. The van der Waals surface area contributed by atoms with Gasteiger partial charge in [0, 0.05) is 0 Å². The van der Waals surface area contributed by atoms with E-state index in [9.17, 15) is 0 Å². The smallest absolute Gasteiger partial charge is 0.102 e. The molecular weight excluding hydrogens is 222 g/mol. The molecule has 0 amide bonds. The van der Waals surface area contributed by atoms with Gasteiger partial charge in [0.1, 0.15) is 6.10 Å².